The summed E-state index contributed by atoms with van der Waals surface area (Å²) in [6, 6.07) is 6.94. The van der Waals surface area contributed by atoms with E-state index in [1.54, 1.807) is 24.3 Å². The number of hydrogen-bond donors (Lipinski definition) is 2. The summed E-state index contributed by atoms with van der Waals surface area (Å²) in [6.07, 6.45) is 2.39. The number of H-pyrrole nitrogens is 1. The standard InChI is InChI=1S/C18H21N5O2S/c1-11(2)9-14(15-5-4-8-26-15)20-18(25)13-10-19-23(12(13)3)16-6-7-17(24)22-21-16/h4-8,10-11,14H,9H2,1-3H3,(H,20,25)(H,22,24). The van der Waals surface area contributed by atoms with Gasteiger partial charge in [0.2, 0.25) is 0 Å². The van der Waals surface area contributed by atoms with Crippen molar-refractivity contribution in [2.24, 2.45) is 5.92 Å². The zero-order valence-corrected chi connectivity index (χ0v) is 15.7. The van der Waals surface area contributed by atoms with Gasteiger partial charge in [-0.2, -0.15) is 10.2 Å². The van der Waals surface area contributed by atoms with E-state index >= 15 is 0 Å². The van der Waals surface area contributed by atoms with Crippen molar-refractivity contribution in [1.29, 1.82) is 0 Å². The summed E-state index contributed by atoms with van der Waals surface area (Å²) in [5.74, 6) is 0.743. The average molecular weight is 371 g/mol. The van der Waals surface area contributed by atoms with Gasteiger partial charge in [-0.3, -0.25) is 9.59 Å². The summed E-state index contributed by atoms with van der Waals surface area (Å²) in [7, 11) is 0. The van der Waals surface area contributed by atoms with Gasteiger partial charge >= 0.3 is 0 Å². The fourth-order valence-electron chi connectivity index (χ4n) is 2.76. The van der Waals surface area contributed by atoms with Crippen molar-refractivity contribution in [2.75, 3.05) is 0 Å². The SMILES string of the molecule is Cc1c(C(=O)NC(CC(C)C)c2cccs2)cnn1-c1ccc(=O)[nH]n1. The molecule has 3 aromatic heterocycles. The van der Waals surface area contributed by atoms with Gasteiger partial charge in [-0.25, -0.2) is 9.78 Å². The average Bonchev–Trinajstić information content (AvgIpc) is 3.24. The monoisotopic (exact) mass is 371 g/mol. The first-order valence-corrected chi connectivity index (χ1v) is 9.28. The molecule has 0 bridgehead atoms. The molecule has 136 valence electrons. The lowest BCUT2D eigenvalue weighted by Gasteiger charge is -2.19. The molecular formula is C18H21N5O2S. The molecule has 0 fully saturated rings. The highest BCUT2D eigenvalue weighted by Gasteiger charge is 2.21. The lowest BCUT2D eigenvalue weighted by molar-refractivity contribution is 0.0932. The Morgan fingerprint density at radius 2 is 2.15 bits per heavy atom. The molecule has 3 heterocycles. The third kappa shape index (κ3) is 3.91. The number of aromatic nitrogens is 4. The van der Waals surface area contributed by atoms with Crippen molar-refractivity contribution in [2.45, 2.75) is 33.2 Å². The molecule has 1 amide bonds. The molecule has 0 saturated heterocycles. The van der Waals surface area contributed by atoms with Crippen LogP contribution in [0.2, 0.25) is 0 Å². The Kier molecular flexibility index (Phi) is 5.32. The van der Waals surface area contributed by atoms with Gasteiger partial charge in [0.05, 0.1) is 23.5 Å². The van der Waals surface area contributed by atoms with Gasteiger partial charge in [-0.1, -0.05) is 19.9 Å². The highest BCUT2D eigenvalue weighted by atomic mass is 32.1. The topological polar surface area (TPSA) is 92.7 Å². The molecule has 7 nitrogen and oxygen atoms in total. The number of carbonyl (C=O) groups excluding carboxylic acids is 1. The van der Waals surface area contributed by atoms with Crippen LogP contribution in [-0.2, 0) is 0 Å². The highest BCUT2D eigenvalue weighted by molar-refractivity contribution is 7.10. The minimum atomic E-state index is -0.288. The first-order valence-electron chi connectivity index (χ1n) is 8.40. The lowest BCUT2D eigenvalue weighted by atomic mass is 10.0. The maximum atomic E-state index is 12.8. The molecule has 0 aliphatic heterocycles. The summed E-state index contributed by atoms with van der Waals surface area (Å²) in [5, 5.41) is 15.7. The van der Waals surface area contributed by atoms with Crippen molar-refractivity contribution in [3.8, 4) is 5.82 Å². The van der Waals surface area contributed by atoms with Gasteiger partial charge < -0.3 is 5.32 Å². The summed E-state index contributed by atoms with van der Waals surface area (Å²) < 4.78 is 1.54. The van der Waals surface area contributed by atoms with Crippen LogP contribution in [0.1, 0.15) is 47.2 Å². The Balaban J connectivity index is 1.83. The molecule has 0 aliphatic carbocycles. The highest BCUT2D eigenvalue weighted by Crippen LogP contribution is 2.26. The zero-order valence-electron chi connectivity index (χ0n) is 14.9. The van der Waals surface area contributed by atoms with E-state index < -0.39 is 0 Å². The number of hydrogen-bond acceptors (Lipinski definition) is 5. The number of rotatable bonds is 6. The van der Waals surface area contributed by atoms with E-state index in [-0.39, 0.29) is 17.5 Å². The summed E-state index contributed by atoms with van der Waals surface area (Å²) in [4.78, 5) is 25.1. The predicted molar refractivity (Wildman–Crippen MR) is 101 cm³/mol. The summed E-state index contributed by atoms with van der Waals surface area (Å²) in [5.41, 5.74) is 0.865. The molecule has 3 aromatic rings. The van der Waals surface area contributed by atoms with E-state index in [2.05, 4.69) is 34.5 Å². The normalized spacial score (nSPS) is 12.3. The van der Waals surface area contributed by atoms with E-state index in [1.807, 2.05) is 17.5 Å². The van der Waals surface area contributed by atoms with Gasteiger partial charge in [0.1, 0.15) is 0 Å². The maximum absolute atomic E-state index is 12.8. The first-order chi connectivity index (χ1) is 12.5. The second-order valence-electron chi connectivity index (χ2n) is 6.51. The minimum absolute atomic E-state index is 0.0311. The fraction of sp³-hybridized carbons (Fsp3) is 0.333. The van der Waals surface area contributed by atoms with Gasteiger partial charge in [0, 0.05) is 10.9 Å². The van der Waals surface area contributed by atoms with Crippen LogP contribution < -0.4 is 10.9 Å². The molecule has 3 rings (SSSR count). The molecule has 0 saturated carbocycles. The van der Waals surface area contributed by atoms with Crippen LogP contribution in [0, 0.1) is 12.8 Å². The Morgan fingerprint density at radius 1 is 1.35 bits per heavy atom. The van der Waals surface area contributed by atoms with Crippen molar-refractivity contribution in [3.05, 3.63) is 62.3 Å². The van der Waals surface area contributed by atoms with E-state index in [9.17, 15) is 9.59 Å². The molecule has 0 aromatic carbocycles. The lowest BCUT2D eigenvalue weighted by Crippen LogP contribution is -2.29. The second-order valence-corrected chi connectivity index (χ2v) is 7.49. The third-order valence-electron chi connectivity index (χ3n) is 4.03. The van der Waals surface area contributed by atoms with E-state index in [0.29, 0.717) is 23.0 Å². The molecule has 2 N–H and O–H groups in total. The molecular weight excluding hydrogens is 350 g/mol. The Bertz CT molecular complexity index is 922. The number of carbonyl (C=O) groups is 1. The molecule has 0 aliphatic rings. The molecule has 1 atom stereocenters. The molecule has 8 heteroatoms. The van der Waals surface area contributed by atoms with Crippen LogP contribution >= 0.6 is 11.3 Å². The van der Waals surface area contributed by atoms with Crippen LogP contribution in [0.3, 0.4) is 0 Å². The molecule has 0 radical (unpaired) electrons. The van der Waals surface area contributed by atoms with E-state index in [0.717, 1.165) is 11.3 Å². The van der Waals surface area contributed by atoms with Crippen molar-refractivity contribution in [3.63, 3.8) is 0 Å². The molecule has 1 unspecified atom stereocenters. The Labute approximate surface area is 155 Å². The fourth-order valence-corrected chi connectivity index (χ4v) is 3.55. The number of nitrogens with one attached hydrogen (secondary N) is 2. The van der Waals surface area contributed by atoms with Crippen molar-refractivity contribution in [1.82, 2.24) is 25.3 Å². The van der Waals surface area contributed by atoms with Gasteiger partial charge in [0.25, 0.3) is 11.5 Å². The predicted octanol–water partition coefficient (Wildman–Crippen LogP) is 2.84. The van der Waals surface area contributed by atoms with E-state index in [4.69, 9.17) is 0 Å². The second kappa shape index (κ2) is 7.65. The number of thiophene rings is 1. The van der Waals surface area contributed by atoms with Crippen LogP contribution in [0.15, 0.2) is 40.6 Å². The number of amides is 1. The quantitative estimate of drug-likeness (QED) is 0.697. The number of aromatic amines is 1. The molecule has 0 spiro atoms. The summed E-state index contributed by atoms with van der Waals surface area (Å²) >= 11 is 1.64. The van der Waals surface area contributed by atoms with Gasteiger partial charge in [0.15, 0.2) is 5.82 Å². The first kappa shape index (κ1) is 18.1. The van der Waals surface area contributed by atoms with Gasteiger partial charge in [-0.05, 0) is 36.8 Å². The van der Waals surface area contributed by atoms with Crippen LogP contribution in [0.25, 0.3) is 5.82 Å². The smallest absolute Gasteiger partial charge is 0.264 e. The van der Waals surface area contributed by atoms with Crippen molar-refractivity contribution < 1.29 is 4.79 Å². The van der Waals surface area contributed by atoms with Crippen LogP contribution in [0.5, 0.6) is 0 Å². The largest absolute Gasteiger partial charge is 0.344 e. The molecule has 26 heavy (non-hydrogen) atoms. The zero-order chi connectivity index (χ0) is 18.7. The third-order valence-corrected chi connectivity index (χ3v) is 5.02. The number of nitrogens with zero attached hydrogens (tertiary/aromatic N) is 3. The maximum Gasteiger partial charge on any atom is 0.264 e. The Hall–Kier alpha value is -2.74. The summed E-state index contributed by atoms with van der Waals surface area (Å²) in [6.45, 7) is 6.08. The Morgan fingerprint density at radius 3 is 2.77 bits per heavy atom. The van der Waals surface area contributed by atoms with Crippen LogP contribution in [-0.4, -0.2) is 25.9 Å². The van der Waals surface area contributed by atoms with Crippen LogP contribution in [0.4, 0.5) is 0 Å². The minimum Gasteiger partial charge on any atom is -0.344 e. The van der Waals surface area contributed by atoms with E-state index in [1.165, 1.54) is 16.9 Å². The van der Waals surface area contributed by atoms with Gasteiger partial charge in [-0.15, -0.1) is 11.3 Å². The van der Waals surface area contributed by atoms with Crippen molar-refractivity contribution >= 4 is 17.2 Å².